The summed E-state index contributed by atoms with van der Waals surface area (Å²) in [4.78, 5) is 29.1. The molecule has 0 radical (unpaired) electrons. The van der Waals surface area contributed by atoms with Crippen LogP contribution in [0.5, 0.6) is 0 Å². The molecule has 0 atom stereocenters. The van der Waals surface area contributed by atoms with Gasteiger partial charge in [-0.3, -0.25) is 9.59 Å². The summed E-state index contributed by atoms with van der Waals surface area (Å²) in [6, 6.07) is 13.4. The standard InChI is InChI=1S/C21H17Cl2N3O4S/c1-12-4-3-5-18(24-12)21(28)25-14-10-16(22)19(17(23)11-14)26-20(27)13-6-8-15(9-7-13)31(2,29)30/h3-11H,1-2H3,(H,25,28)(H,26,27). The van der Waals surface area contributed by atoms with Crippen molar-refractivity contribution in [2.24, 2.45) is 0 Å². The molecule has 2 N–H and O–H groups in total. The van der Waals surface area contributed by atoms with Crippen molar-refractivity contribution >= 4 is 56.2 Å². The summed E-state index contributed by atoms with van der Waals surface area (Å²) in [5, 5.41) is 5.48. The highest BCUT2D eigenvalue weighted by molar-refractivity contribution is 7.90. The minimum atomic E-state index is -3.37. The van der Waals surface area contributed by atoms with Crippen LogP contribution in [0.3, 0.4) is 0 Å². The van der Waals surface area contributed by atoms with Crippen molar-refractivity contribution in [2.75, 3.05) is 16.9 Å². The SMILES string of the molecule is Cc1cccc(C(=O)Nc2cc(Cl)c(NC(=O)c3ccc(S(C)(=O)=O)cc3)c(Cl)c2)n1. The highest BCUT2D eigenvalue weighted by Crippen LogP contribution is 2.34. The second-order valence-electron chi connectivity index (χ2n) is 6.68. The molecule has 0 aliphatic heterocycles. The normalized spacial score (nSPS) is 11.1. The first kappa shape index (κ1) is 22.7. The van der Waals surface area contributed by atoms with Gasteiger partial charge in [-0.2, -0.15) is 0 Å². The van der Waals surface area contributed by atoms with E-state index >= 15 is 0 Å². The van der Waals surface area contributed by atoms with E-state index in [2.05, 4.69) is 15.6 Å². The maximum atomic E-state index is 12.5. The summed E-state index contributed by atoms with van der Waals surface area (Å²) in [5.74, 6) is -0.955. The molecule has 0 aliphatic carbocycles. The molecule has 1 heterocycles. The predicted molar refractivity (Wildman–Crippen MR) is 121 cm³/mol. The lowest BCUT2D eigenvalue weighted by Gasteiger charge is -2.12. The Balaban J connectivity index is 1.77. The summed E-state index contributed by atoms with van der Waals surface area (Å²) >= 11 is 12.5. The van der Waals surface area contributed by atoms with Gasteiger partial charge in [0.25, 0.3) is 11.8 Å². The molecule has 0 bridgehead atoms. The van der Waals surface area contributed by atoms with E-state index in [1.165, 1.54) is 36.4 Å². The number of pyridine rings is 1. The molecular weight excluding hydrogens is 461 g/mol. The topological polar surface area (TPSA) is 105 Å². The van der Waals surface area contributed by atoms with Gasteiger partial charge in [0.1, 0.15) is 5.69 Å². The lowest BCUT2D eigenvalue weighted by Crippen LogP contribution is -2.15. The van der Waals surface area contributed by atoms with Crippen LogP contribution in [0, 0.1) is 6.92 Å². The van der Waals surface area contributed by atoms with Crippen LogP contribution in [-0.2, 0) is 9.84 Å². The van der Waals surface area contributed by atoms with E-state index < -0.39 is 21.7 Å². The molecule has 0 aliphatic rings. The summed E-state index contributed by atoms with van der Waals surface area (Å²) in [5.41, 5.74) is 1.65. The van der Waals surface area contributed by atoms with Gasteiger partial charge in [-0.25, -0.2) is 13.4 Å². The number of anilines is 2. The number of carbonyl (C=O) groups is 2. The Morgan fingerprint density at radius 2 is 1.52 bits per heavy atom. The number of aromatic nitrogens is 1. The maximum Gasteiger partial charge on any atom is 0.274 e. The second kappa shape index (κ2) is 9.05. The zero-order valence-electron chi connectivity index (χ0n) is 16.4. The summed E-state index contributed by atoms with van der Waals surface area (Å²) in [6.07, 6.45) is 1.08. The van der Waals surface area contributed by atoms with E-state index in [1.54, 1.807) is 25.1 Å². The number of nitrogens with one attached hydrogen (secondary N) is 2. The molecular formula is C21H17Cl2N3O4S. The molecule has 160 valence electrons. The smallest absolute Gasteiger partial charge is 0.274 e. The van der Waals surface area contributed by atoms with Gasteiger partial charge in [-0.15, -0.1) is 0 Å². The minimum Gasteiger partial charge on any atom is -0.321 e. The van der Waals surface area contributed by atoms with Gasteiger partial charge in [-0.1, -0.05) is 29.3 Å². The van der Waals surface area contributed by atoms with Gasteiger partial charge in [-0.05, 0) is 55.5 Å². The molecule has 10 heteroatoms. The lowest BCUT2D eigenvalue weighted by molar-refractivity contribution is 0.101. The second-order valence-corrected chi connectivity index (χ2v) is 9.51. The van der Waals surface area contributed by atoms with Gasteiger partial charge in [0.05, 0.1) is 20.6 Å². The van der Waals surface area contributed by atoms with Crippen LogP contribution in [0.1, 0.15) is 26.5 Å². The summed E-state index contributed by atoms with van der Waals surface area (Å²) in [6.45, 7) is 1.77. The number of carbonyl (C=O) groups excluding carboxylic acids is 2. The molecule has 2 amide bonds. The number of nitrogens with zero attached hydrogens (tertiary/aromatic N) is 1. The molecule has 0 fully saturated rings. The lowest BCUT2D eigenvalue weighted by atomic mass is 10.2. The third kappa shape index (κ3) is 5.61. The van der Waals surface area contributed by atoms with Crippen molar-refractivity contribution in [1.82, 2.24) is 4.98 Å². The van der Waals surface area contributed by atoms with Crippen molar-refractivity contribution < 1.29 is 18.0 Å². The summed E-state index contributed by atoms with van der Waals surface area (Å²) < 4.78 is 23.1. The Labute approximate surface area is 189 Å². The average molecular weight is 478 g/mol. The highest BCUT2D eigenvalue weighted by Gasteiger charge is 2.16. The van der Waals surface area contributed by atoms with Crippen molar-refractivity contribution in [3.8, 4) is 0 Å². The van der Waals surface area contributed by atoms with Crippen molar-refractivity contribution in [3.63, 3.8) is 0 Å². The number of sulfone groups is 1. The Kier molecular flexibility index (Phi) is 6.64. The summed E-state index contributed by atoms with van der Waals surface area (Å²) in [7, 11) is -3.37. The van der Waals surface area contributed by atoms with Gasteiger partial charge in [0, 0.05) is 23.2 Å². The molecule has 1 aromatic heterocycles. The first-order chi connectivity index (χ1) is 14.5. The van der Waals surface area contributed by atoms with Crippen LogP contribution < -0.4 is 10.6 Å². The van der Waals surface area contributed by atoms with E-state index in [0.717, 1.165) is 6.26 Å². The van der Waals surface area contributed by atoms with Gasteiger partial charge >= 0.3 is 0 Å². The molecule has 3 aromatic rings. The molecule has 2 aromatic carbocycles. The molecule has 31 heavy (non-hydrogen) atoms. The molecule has 3 rings (SSSR count). The Morgan fingerprint density at radius 3 is 2.06 bits per heavy atom. The van der Waals surface area contributed by atoms with E-state index in [1.807, 2.05) is 0 Å². The van der Waals surface area contributed by atoms with E-state index in [4.69, 9.17) is 23.2 Å². The molecule has 0 unspecified atom stereocenters. The largest absolute Gasteiger partial charge is 0.321 e. The molecule has 0 saturated heterocycles. The van der Waals surface area contributed by atoms with Crippen LogP contribution >= 0.6 is 23.2 Å². The van der Waals surface area contributed by atoms with Crippen LogP contribution in [0.25, 0.3) is 0 Å². The Hall–Kier alpha value is -2.94. The fourth-order valence-electron chi connectivity index (χ4n) is 2.67. The van der Waals surface area contributed by atoms with Crippen LogP contribution in [-0.4, -0.2) is 31.5 Å². The molecule has 0 spiro atoms. The monoisotopic (exact) mass is 477 g/mol. The first-order valence-corrected chi connectivity index (χ1v) is 11.5. The third-order valence-electron chi connectivity index (χ3n) is 4.20. The van der Waals surface area contributed by atoms with E-state index in [-0.39, 0.29) is 31.9 Å². The van der Waals surface area contributed by atoms with E-state index in [9.17, 15) is 18.0 Å². The predicted octanol–water partition coefficient (Wildman–Crippen LogP) is 4.60. The van der Waals surface area contributed by atoms with Crippen LogP contribution in [0.15, 0.2) is 59.5 Å². The maximum absolute atomic E-state index is 12.5. The fraction of sp³-hybridized carbons (Fsp3) is 0.0952. The van der Waals surface area contributed by atoms with Crippen LogP contribution in [0.4, 0.5) is 11.4 Å². The molecule has 7 nitrogen and oxygen atoms in total. The first-order valence-electron chi connectivity index (χ1n) is 8.90. The number of rotatable bonds is 5. The van der Waals surface area contributed by atoms with Gasteiger partial charge < -0.3 is 10.6 Å². The number of aryl methyl sites for hydroxylation is 1. The zero-order valence-corrected chi connectivity index (χ0v) is 18.8. The number of halogens is 2. The van der Waals surface area contributed by atoms with Crippen molar-refractivity contribution in [1.29, 1.82) is 0 Å². The quantitative estimate of drug-likeness (QED) is 0.558. The highest BCUT2D eigenvalue weighted by atomic mass is 35.5. The third-order valence-corrected chi connectivity index (χ3v) is 5.93. The van der Waals surface area contributed by atoms with Crippen molar-refractivity contribution in [3.05, 3.63) is 81.6 Å². The van der Waals surface area contributed by atoms with Gasteiger partial charge in [0.15, 0.2) is 9.84 Å². The average Bonchev–Trinajstić information content (AvgIpc) is 2.70. The number of benzene rings is 2. The van der Waals surface area contributed by atoms with Crippen LogP contribution in [0.2, 0.25) is 10.0 Å². The number of hydrogen-bond donors (Lipinski definition) is 2. The Bertz CT molecular complexity index is 1250. The number of hydrogen-bond acceptors (Lipinski definition) is 5. The van der Waals surface area contributed by atoms with Crippen molar-refractivity contribution in [2.45, 2.75) is 11.8 Å². The number of amides is 2. The minimum absolute atomic E-state index is 0.100. The van der Waals surface area contributed by atoms with E-state index in [0.29, 0.717) is 11.4 Å². The Morgan fingerprint density at radius 1 is 0.903 bits per heavy atom. The molecule has 0 saturated carbocycles. The fourth-order valence-corrected chi connectivity index (χ4v) is 3.88. The van der Waals surface area contributed by atoms with Gasteiger partial charge in [0.2, 0.25) is 0 Å². The zero-order chi connectivity index (χ0) is 22.8.